The van der Waals surface area contributed by atoms with Gasteiger partial charge in [-0.25, -0.2) is 9.59 Å². The summed E-state index contributed by atoms with van der Waals surface area (Å²) in [6, 6.07) is -1.06. The topological polar surface area (TPSA) is 76.1 Å². The van der Waals surface area contributed by atoms with Gasteiger partial charge in [0.1, 0.15) is 5.60 Å². The van der Waals surface area contributed by atoms with Crippen LogP contribution in [0.3, 0.4) is 0 Å². The number of rotatable bonds is 1. The summed E-state index contributed by atoms with van der Waals surface area (Å²) in [5.74, 6) is -0.635. The molecule has 2 aliphatic rings. The summed E-state index contributed by atoms with van der Waals surface area (Å²) < 4.78 is 10.0. The summed E-state index contributed by atoms with van der Waals surface area (Å²) in [5.41, 5.74) is -0.634. The van der Waals surface area contributed by atoms with E-state index in [4.69, 9.17) is 9.47 Å². The summed E-state index contributed by atoms with van der Waals surface area (Å²) in [5, 5.41) is 10.1. The van der Waals surface area contributed by atoms with Gasteiger partial charge in [0.2, 0.25) is 0 Å². The van der Waals surface area contributed by atoms with Crippen LogP contribution in [-0.2, 0) is 14.3 Å². The molecule has 1 saturated heterocycles. The summed E-state index contributed by atoms with van der Waals surface area (Å²) in [6.07, 6.45) is 0.181. The Balaban J connectivity index is 2.20. The lowest BCUT2D eigenvalue weighted by Crippen LogP contribution is -2.50. The van der Waals surface area contributed by atoms with Crippen LogP contribution < -0.4 is 0 Å². The number of carbonyl (C=O) groups is 2. The number of ether oxygens (including phenoxy) is 2. The van der Waals surface area contributed by atoms with Crippen molar-refractivity contribution in [3.63, 3.8) is 0 Å². The van der Waals surface area contributed by atoms with Crippen molar-refractivity contribution in [1.29, 1.82) is 0 Å². The molecule has 0 radical (unpaired) electrons. The maximum absolute atomic E-state index is 12.2. The van der Waals surface area contributed by atoms with Gasteiger partial charge >= 0.3 is 12.1 Å². The standard InChI is InChI=1S/C13H21NO5/c1-13(2,3)19-12(17)14-8-6-5-7(8)10(15)9(14)11(16)18-4/h7-10,15H,5-6H2,1-4H3/t7-,8+,9-,10-/m0/s1. The Kier molecular flexibility index (Phi) is 3.47. The number of aliphatic hydroxyl groups excluding tert-OH is 1. The maximum atomic E-state index is 12.2. The molecule has 2 fully saturated rings. The quantitative estimate of drug-likeness (QED) is 0.718. The van der Waals surface area contributed by atoms with Gasteiger partial charge in [0.15, 0.2) is 6.04 Å². The fourth-order valence-corrected chi connectivity index (χ4v) is 2.79. The molecule has 1 aliphatic heterocycles. The van der Waals surface area contributed by atoms with Gasteiger partial charge in [-0.05, 0) is 33.6 Å². The maximum Gasteiger partial charge on any atom is 0.411 e. The molecule has 0 unspecified atom stereocenters. The van der Waals surface area contributed by atoms with Gasteiger partial charge in [-0.3, -0.25) is 4.90 Å². The molecule has 19 heavy (non-hydrogen) atoms. The molecule has 6 nitrogen and oxygen atoms in total. The van der Waals surface area contributed by atoms with Crippen LogP contribution in [0.2, 0.25) is 0 Å². The zero-order valence-electron chi connectivity index (χ0n) is 11.8. The number of esters is 1. The molecular formula is C13H21NO5. The fourth-order valence-electron chi connectivity index (χ4n) is 2.79. The lowest BCUT2D eigenvalue weighted by atomic mass is 9.78. The first kappa shape index (κ1) is 14.1. The Hall–Kier alpha value is -1.30. The molecule has 1 saturated carbocycles. The lowest BCUT2D eigenvalue weighted by Gasteiger charge is -2.37. The molecule has 0 aromatic carbocycles. The Morgan fingerprint density at radius 2 is 1.89 bits per heavy atom. The zero-order valence-corrected chi connectivity index (χ0v) is 11.8. The third-order valence-electron chi connectivity index (χ3n) is 3.76. The number of aliphatic hydroxyl groups is 1. The predicted molar refractivity (Wildman–Crippen MR) is 66.4 cm³/mol. The average molecular weight is 271 g/mol. The van der Waals surface area contributed by atoms with E-state index in [1.807, 2.05) is 0 Å². The second-order valence-corrected chi connectivity index (χ2v) is 6.15. The molecule has 0 aromatic rings. The number of nitrogens with zero attached hydrogens (tertiary/aromatic N) is 1. The summed E-state index contributed by atoms with van der Waals surface area (Å²) >= 11 is 0. The Morgan fingerprint density at radius 1 is 1.26 bits per heavy atom. The van der Waals surface area contributed by atoms with Crippen molar-refractivity contribution in [2.24, 2.45) is 5.92 Å². The van der Waals surface area contributed by atoms with Gasteiger partial charge in [-0.1, -0.05) is 0 Å². The minimum atomic E-state index is -0.947. The third-order valence-corrected chi connectivity index (χ3v) is 3.76. The Bertz CT molecular complexity index is 389. The normalized spacial score (nSPS) is 33.4. The van der Waals surface area contributed by atoms with Crippen LogP contribution in [-0.4, -0.2) is 53.0 Å². The van der Waals surface area contributed by atoms with Gasteiger partial charge in [-0.2, -0.15) is 0 Å². The van der Waals surface area contributed by atoms with Crippen molar-refractivity contribution in [3.05, 3.63) is 0 Å². The van der Waals surface area contributed by atoms with Crippen molar-refractivity contribution in [2.75, 3.05) is 7.11 Å². The number of carbonyl (C=O) groups excluding carboxylic acids is 2. The van der Waals surface area contributed by atoms with Crippen molar-refractivity contribution >= 4 is 12.1 Å². The summed E-state index contributed by atoms with van der Waals surface area (Å²) in [7, 11) is 1.25. The van der Waals surface area contributed by atoms with E-state index in [0.717, 1.165) is 12.8 Å². The monoisotopic (exact) mass is 271 g/mol. The largest absolute Gasteiger partial charge is 0.467 e. The molecule has 1 aliphatic carbocycles. The first-order valence-electron chi connectivity index (χ1n) is 6.53. The first-order valence-corrected chi connectivity index (χ1v) is 6.53. The molecule has 1 heterocycles. The van der Waals surface area contributed by atoms with Crippen molar-refractivity contribution < 1.29 is 24.2 Å². The highest BCUT2D eigenvalue weighted by Crippen LogP contribution is 2.44. The van der Waals surface area contributed by atoms with E-state index in [2.05, 4.69) is 0 Å². The molecule has 4 atom stereocenters. The first-order chi connectivity index (χ1) is 8.76. The smallest absolute Gasteiger partial charge is 0.411 e. The van der Waals surface area contributed by atoms with Crippen LogP contribution in [0.25, 0.3) is 0 Å². The third kappa shape index (κ3) is 2.41. The molecule has 1 N–H and O–H groups in total. The van der Waals surface area contributed by atoms with Gasteiger partial charge in [0, 0.05) is 12.0 Å². The second-order valence-electron chi connectivity index (χ2n) is 6.15. The number of amides is 1. The number of methoxy groups -OCH3 is 1. The van der Waals surface area contributed by atoms with Gasteiger partial charge in [0.05, 0.1) is 13.2 Å². The lowest BCUT2D eigenvalue weighted by molar-refractivity contribution is -0.148. The van der Waals surface area contributed by atoms with Crippen molar-refractivity contribution in [2.45, 2.75) is 57.4 Å². The SMILES string of the molecule is COC(=O)[C@@H]1[C@@H](O)[C@H]2CC[C@H]2N1C(=O)OC(C)(C)C. The van der Waals surface area contributed by atoms with E-state index in [0.29, 0.717) is 0 Å². The van der Waals surface area contributed by atoms with Gasteiger partial charge < -0.3 is 14.6 Å². The van der Waals surface area contributed by atoms with Crippen LogP contribution in [0.1, 0.15) is 33.6 Å². The highest BCUT2D eigenvalue weighted by molar-refractivity contribution is 5.83. The molecule has 2 rings (SSSR count). The van der Waals surface area contributed by atoms with Crippen LogP contribution in [0.5, 0.6) is 0 Å². The molecule has 0 aromatic heterocycles. The van der Waals surface area contributed by atoms with Crippen LogP contribution in [0.15, 0.2) is 0 Å². The molecule has 6 heteroatoms. The Labute approximate surface area is 112 Å². The number of hydrogen-bond donors (Lipinski definition) is 1. The van der Waals surface area contributed by atoms with E-state index in [9.17, 15) is 14.7 Å². The van der Waals surface area contributed by atoms with Crippen LogP contribution in [0, 0.1) is 5.92 Å². The van der Waals surface area contributed by atoms with Crippen LogP contribution >= 0.6 is 0 Å². The molecule has 0 spiro atoms. The number of likely N-dealkylation sites (tertiary alicyclic amines) is 1. The van der Waals surface area contributed by atoms with Crippen molar-refractivity contribution in [1.82, 2.24) is 4.90 Å². The number of fused-ring (bicyclic) bond motifs is 1. The van der Waals surface area contributed by atoms with Crippen molar-refractivity contribution in [3.8, 4) is 0 Å². The second kappa shape index (κ2) is 4.67. The average Bonchev–Trinajstić information content (AvgIpc) is 2.42. The summed E-state index contributed by atoms with van der Waals surface area (Å²) in [4.78, 5) is 25.4. The zero-order chi connectivity index (χ0) is 14.4. The number of hydrogen-bond acceptors (Lipinski definition) is 5. The van der Waals surface area contributed by atoms with E-state index < -0.39 is 29.8 Å². The highest BCUT2D eigenvalue weighted by atomic mass is 16.6. The molecule has 0 bridgehead atoms. The van der Waals surface area contributed by atoms with Crippen LogP contribution in [0.4, 0.5) is 4.79 Å². The summed E-state index contributed by atoms with van der Waals surface area (Å²) in [6.45, 7) is 5.30. The van der Waals surface area contributed by atoms with E-state index in [1.165, 1.54) is 12.0 Å². The van der Waals surface area contributed by atoms with E-state index in [1.54, 1.807) is 20.8 Å². The van der Waals surface area contributed by atoms with Gasteiger partial charge in [0.25, 0.3) is 0 Å². The fraction of sp³-hybridized carbons (Fsp3) is 0.846. The minimum absolute atomic E-state index is 0.0448. The molecular weight excluding hydrogens is 250 g/mol. The Morgan fingerprint density at radius 3 is 2.32 bits per heavy atom. The predicted octanol–water partition coefficient (Wildman–Crippen LogP) is 0.918. The molecule has 108 valence electrons. The van der Waals surface area contributed by atoms with E-state index >= 15 is 0 Å². The highest BCUT2D eigenvalue weighted by Gasteiger charge is 2.58. The van der Waals surface area contributed by atoms with E-state index in [-0.39, 0.29) is 12.0 Å². The minimum Gasteiger partial charge on any atom is -0.467 e. The van der Waals surface area contributed by atoms with Gasteiger partial charge in [-0.15, -0.1) is 0 Å². The molecule has 1 amide bonds.